The fourth-order valence-electron chi connectivity index (χ4n) is 1.69. The fraction of sp³-hybridized carbons (Fsp3) is 0.889. The number of carbonyl (C=O) groups is 1. The molecule has 1 fully saturated rings. The Hall–Kier alpha value is -0.770. The summed E-state index contributed by atoms with van der Waals surface area (Å²) in [7, 11) is 0. The lowest BCUT2D eigenvalue weighted by atomic mass is 9.90. The molecule has 0 atom stereocenters. The third-order valence-corrected chi connectivity index (χ3v) is 2.30. The fourth-order valence-corrected chi connectivity index (χ4v) is 1.69. The molecule has 0 unspecified atom stereocenters. The molecule has 0 aromatic carbocycles. The van der Waals surface area contributed by atoms with Crippen molar-refractivity contribution in [1.29, 1.82) is 0 Å². The second-order valence-electron chi connectivity index (χ2n) is 3.67. The zero-order valence-corrected chi connectivity index (χ0v) is 8.34. The first-order valence-electron chi connectivity index (χ1n) is 4.86. The maximum absolute atomic E-state index is 11.2. The van der Waals surface area contributed by atoms with Crippen LogP contribution in [0.3, 0.4) is 0 Å². The summed E-state index contributed by atoms with van der Waals surface area (Å²) in [4.78, 5) is 12.9. The number of likely N-dealkylation sites (tertiary alicyclic amines) is 1. The quantitative estimate of drug-likeness (QED) is 0.676. The van der Waals surface area contributed by atoms with Gasteiger partial charge in [0.25, 0.3) is 0 Å². The molecule has 1 aliphatic rings. The Morgan fingerprint density at radius 2 is 2.15 bits per heavy atom. The first-order valence-corrected chi connectivity index (χ1v) is 4.86. The molecule has 1 rings (SSSR count). The zero-order chi connectivity index (χ0) is 9.90. The Morgan fingerprint density at radius 1 is 1.54 bits per heavy atom. The molecular formula is C9H18N2O2. The number of amides is 2. The molecule has 0 aromatic rings. The van der Waals surface area contributed by atoms with Gasteiger partial charge < -0.3 is 15.3 Å². The molecule has 2 amide bonds. The van der Waals surface area contributed by atoms with E-state index < -0.39 is 5.60 Å². The van der Waals surface area contributed by atoms with Gasteiger partial charge in [0.05, 0.1) is 18.7 Å². The van der Waals surface area contributed by atoms with Crippen molar-refractivity contribution >= 4 is 6.03 Å². The van der Waals surface area contributed by atoms with Gasteiger partial charge in [0, 0.05) is 6.54 Å². The van der Waals surface area contributed by atoms with Crippen molar-refractivity contribution in [2.45, 2.75) is 32.3 Å². The summed E-state index contributed by atoms with van der Waals surface area (Å²) < 4.78 is 0. The van der Waals surface area contributed by atoms with E-state index in [2.05, 4.69) is 5.32 Å². The van der Waals surface area contributed by atoms with Crippen molar-refractivity contribution < 1.29 is 9.90 Å². The minimum Gasteiger partial charge on any atom is -0.386 e. The number of urea groups is 1. The molecule has 0 saturated carbocycles. The number of nitrogens with zero attached hydrogens (tertiary/aromatic N) is 1. The SMILES string of the molecule is CCCC1(O)CN(C(=O)NCC)C1. The molecule has 4 heteroatoms. The Balaban J connectivity index is 2.27. The predicted octanol–water partition coefficient (Wildman–Crippen LogP) is 0.563. The lowest BCUT2D eigenvalue weighted by molar-refractivity contribution is -0.0813. The highest BCUT2D eigenvalue weighted by atomic mass is 16.3. The average molecular weight is 186 g/mol. The van der Waals surface area contributed by atoms with Gasteiger partial charge in [-0.2, -0.15) is 0 Å². The van der Waals surface area contributed by atoms with Crippen LogP contribution < -0.4 is 5.32 Å². The minimum atomic E-state index is -0.611. The first kappa shape index (κ1) is 10.3. The Kier molecular flexibility index (Phi) is 3.14. The summed E-state index contributed by atoms with van der Waals surface area (Å²) in [6, 6.07) is -0.0664. The largest absolute Gasteiger partial charge is 0.386 e. The summed E-state index contributed by atoms with van der Waals surface area (Å²) in [5.74, 6) is 0. The van der Waals surface area contributed by atoms with E-state index in [-0.39, 0.29) is 6.03 Å². The first-order chi connectivity index (χ1) is 6.11. The lowest BCUT2D eigenvalue weighted by Crippen LogP contribution is -2.65. The Bertz CT molecular complexity index is 188. The van der Waals surface area contributed by atoms with Crippen LogP contribution >= 0.6 is 0 Å². The van der Waals surface area contributed by atoms with Crippen LogP contribution in [0.1, 0.15) is 26.7 Å². The monoisotopic (exact) mass is 186 g/mol. The van der Waals surface area contributed by atoms with E-state index in [1.807, 2.05) is 13.8 Å². The van der Waals surface area contributed by atoms with E-state index in [1.165, 1.54) is 0 Å². The van der Waals surface area contributed by atoms with Gasteiger partial charge in [-0.25, -0.2) is 4.79 Å². The molecule has 1 saturated heterocycles. The normalized spacial score (nSPS) is 19.5. The Morgan fingerprint density at radius 3 is 2.62 bits per heavy atom. The highest BCUT2D eigenvalue weighted by Gasteiger charge is 2.42. The molecule has 0 radical (unpaired) electrons. The van der Waals surface area contributed by atoms with Gasteiger partial charge in [0.2, 0.25) is 0 Å². The molecule has 4 nitrogen and oxygen atoms in total. The molecular weight excluding hydrogens is 168 g/mol. The van der Waals surface area contributed by atoms with Gasteiger partial charge >= 0.3 is 6.03 Å². The van der Waals surface area contributed by atoms with Crippen LogP contribution in [-0.2, 0) is 0 Å². The predicted molar refractivity (Wildman–Crippen MR) is 50.5 cm³/mol. The highest BCUT2D eigenvalue weighted by molar-refractivity contribution is 5.75. The van der Waals surface area contributed by atoms with Crippen LogP contribution in [0.2, 0.25) is 0 Å². The summed E-state index contributed by atoms with van der Waals surface area (Å²) in [5.41, 5.74) is -0.611. The standard InChI is InChI=1S/C9H18N2O2/c1-3-5-9(13)6-11(7-9)8(12)10-4-2/h13H,3-7H2,1-2H3,(H,10,12). The summed E-state index contributed by atoms with van der Waals surface area (Å²) in [6.07, 6.45) is 1.74. The molecule has 2 N–H and O–H groups in total. The number of aliphatic hydroxyl groups is 1. The second-order valence-corrected chi connectivity index (χ2v) is 3.67. The lowest BCUT2D eigenvalue weighted by Gasteiger charge is -2.46. The molecule has 0 aromatic heterocycles. The van der Waals surface area contributed by atoms with Crippen LogP contribution in [0.15, 0.2) is 0 Å². The van der Waals surface area contributed by atoms with Gasteiger partial charge in [-0.05, 0) is 13.3 Å². The van der Waals surface area contributed by atoms with Gasteiger partial charge in [-0.3, -0.25) is 0 Å². The van der Waals surface area contributed by atoms with Crippen LogP contribution in [-0.4, -0.2) is 41.3 Å². The van der Waals surface area contributed by atoms with Crippen molar-refractivity contribution in [2.24, 2.45) is 0 Å². The summed E-state index contributed by atoms with van der Waals surface area (Å²) in [6.45, 7) is 5.52. The minimum absolute atomic E-state index is 0.0664. The van der Waals surface area contributed by atoms with Gasteiger partial charge in [0.15, 0.2) is 0 Å². The topological polar surface area (TPSA) is 52.6 Å². The van der Waals surface area contributed by atoms with Gasteiger partial charge in [0.1, 0.15) is 0 Å². The van der Waals surface area contributed by atoms with Gasteiger partial charge in [-0.15, -0.1) is 0 Å². The number of carbonyl (C=O) groups excluding carboxylic acids is 1. The van der Waals surface area contributed by atoms with E-state index in [0.717, 1.165) is 12.8 Å². The van der Waals surface area contributed by atoms with E-state index in [4.69, 9.17) is 0 Å². The number of hydrogen-bond acceptors (Lipinski definition) is 2. The average Bonchev–Trinajstić information content (AvgIpc) is 2.01. The number of β-amino-alcohol motifs (C(OH)–C–C–N with tert-alkyl or cyclic N) is 1. The number of hydrogen-bond donors (Lipinski definition) is 2. The highest BCUT2D eigenvalue weighted by Crippen LogP contribution is 2.25. The molecule has 76 valence electrons. The van der Waals surface area contributed by atoms with Crippen LogP contribution in [0.25, 0.3) is 0 Å². The van der Waals surface area contributed by atoms with Crippen molar-refractivity contribution in [2.75, 3.05) is 19.6 Å². The molecule has 0 aliphatic carbocycles. The molecule has 1 aliphatic heterocycles. The molecule has 0 spiro atoms. The van der Waals surface area contributed by atoms with E-state index in [9.17, 15) is 9.90 Å². The Labute approximate surface area is 78.9 Å². The van der Waals surface area contributed by atoms with E-state index in [1.54, 1.807) is 4.90 Å². The van der Waals surface area contributed by atoms with Crippen molar-refractivity contribution in [1.82, 2.24) is 10.2 Å². The summed E-state index contributed by atoms with van der Waals surface area (Å²) in [5, 5.41) is 12.5. The van der Waals surface area contributed by atoms with Crippen molar-refractivity contribution in [3.8, 4) is 0 Å². The maximum atomic E-state index is 11.2. The zero-order valence-electron chi connectivity index (χ0n) is 8.34. The van der Waals surface area contributed by atoms with Gasteiger partial charge in [-0.1, -0.05) is 13.3 Å². The van der Waals surface area contributed by atoms with Crippen molar-refractivity contribution in [3.05, 3.63) is 0 Å². The molecule has 1 heterocycles. The number of rotatable bonds is 3. The van der Waals surface area contributed by atoms with Crippen LogP contribution in [0.5, 0.6) is 0 Å². The van der Waals surface area contributed by atoms with Crippen LogP contribution in [0, 0.1) is 0 Å². The maximum Gasteiger partial charge on any atom is 0.317 e. The molecule has 0 bridgehead atoms. The third kappa shape index (κ3) is 2.34. The molecule has 13 heavy (non-hydrogen) atoms. The van der Waals surface area contributed by atoms with E-state index >= 15 is 0 Å². The van der Waals surface area contributed by atoms with Crippen molar-refractivity contribution in [3.63, 3.8) is 0 Å². The third-order valence-electron chi connectivity index (χ3n) is 2.30. The van der Waals surface area contributed by atoms with Crippen LogP contribution in [0.4, 0.5) is 4.79 Å². The smallest absolute Gasteiger partial charge is 0.317 e. The summed E-state index contributed by atoms with van der Waals surface area (Å²) >= 11 is 0. The van der Waals surface area contributed by atoms with E-state index in [0.29, 0.717) is 19.6 Å². The second kappa shape index (κ2) is 3.96. The number of nitrogens with one attached hydrogen (secondary N) is 1.